The second-order valence-corrected chi connectivity index (χ2v) is 7.31. The number of halogens is 1. The first kappa shape index (κ1) is 19.4. The molecule has 1 saturated heterocycles. The molecular formula is C15H26ClN3O2S. The molecule has 1 aromatic rings. The van der Waals surface area contributed by atoms with Crippen LogP contribution in [0.25, 0.3) is 0 Å². The Morgan fingerprint density at radius 2 is 1.82 bits per heavy atom. The smallest absolute Gasteiger partial charge is 0.282 e. The van der Waals surface area contributed by atoms with E-state index in [0.717, 1.165) is 18.4 Å². The Bertz CT molecular complexity index is 531. The monoisotopic (exact) mass is 347 g/mol. The van der Waals surface area contributed by atoms with Crippen LogP contribution in [0, 0.1) is 0 Å². The summed E-state index contributed by atoms with van der Waals surface area (Å²) in [5.74, 6) is 0. The van der Waals surface area contributed by atoms with E-state index >= 15 is 0 Å². The molecule has 1 aromatic carbocycles. The minimum Gasteiger partial charge on any atom is -0.317 e. The van der Waals surface area contributed by atoms with Crippen LogP contribution >= 0.6 is 12.4 Å². The molecule has 0 atom stereocenters. The molecule has 22 heavy (non-hydrogen) atoms. The third-order valence-corrected chi connectivity index (χ3v) is 6.13. The van der Waals surface area contributed by atoms with Crippen LogP contribution in [0.15, 0.2) is 30.3 Å². The van der Waals surface area contributed by atoms with Crippen LogP contribution in [0.1, 0.15) is 25.3 Å². The molecule has 0 bridgehead atoms. The van der Waals surface area contributed by atoms with Crippen molar-refractivity contribution in [3.05, 3.63) is 35.9 Å². The van der Waals surface area contributed by atoms with Gasteiger partial charge in [0, 0.05) is 32.2 Å². The number of nitrogens with one attached hydrogen (secondary N) is 1. The average Bonchev–Trinajstić information content (AvgIpc) is 2.53. The Labute approximate surface area is 140 Å². The second kappa shape index (κ2) is 8.84. The molecule has 0 saturated carbocycles. The van der Waals surface area contributed by atoms with Crippen molar-refractivity contribution >= 4 is 22.6 Å². The van der Waals surface area contributed by atoms with E-state index in [4.69, 9.17) is 0 Å². The predicted octanol–water partition coefficient (Wildman–Crippen LogP) is 1.86. The number of benzene rings is 1. The van der Waals surface area contributed by atoms with E-state index in [-0.39, 0.29) is 12.4 Å². The topological polar surface area (TPSA) is 52.7 Å². The van der Waals surface area contributed by atoms with E-state index in [1.165, 1.54) is 0 Å². The Morgan fingerprint density at radius 1 is 1.23 bits per heavy atom. The lowest BCUT2D eigenvalue weighted by atomic mass is 10.1. The van der Waals surface area contributed by atoms with E-state index in [9.17, 15) is 8.42 Å². The van der Waals surface area contributed by atoms with Gasteiger partial charge in [0.1, 0.15) is 0 Å². The fourth-order valence-corrected chi connectivity index (χ4v) is 4.32. The Balaban J connectivity index is 0.00000242. The van der Waals surface area contributed by atoms with Crippen LogP contribution in [-0.2, 0) is 16.8 Å². The maximum atomic E-state index is 12.7. The summed E-state index contributed by atoms with van der Waals surface area (Å²) in [4.78, 5) is 0. The summed E-state index contributed by atoms with van der Waals surface area (Å²) in [6.45, 7) is 4.01. The molecule has 7 heteroatoms. The van der Waals surface area contributed by atoms with Gasteiger partial charge in [-0.3, -0.25) is 0 Å². The summed E-state index contributed by atoms with van der Waals surface area (Å²) in [7, 11) is -1.43. The van der Waals surface area contributed by atoms with Gasteiger partial charge in [-0.15, -0.1) is 12.4 Å². The molecule has 0 amide bonds. The molecule has 0 radical (unpaired) electrons. The van der Waals surface area contributed by atoms with E-state index in [2.05, 4.69) is 5.32 Å². The largest absolute Gasteiger partial charge is 0.317 e. The molecule has 1 fully saturated rings. The van der Waals surface area contributed by atoms with Gasteiger partial charge in [-0.05, 0) is 25.5 Å². The van der Waals surface area contributed by atoms with Gasteiger partial charge >= 0.3 is 0 Å². The van der Waals surface area contributed by atoms with Gasteiger partial charge in [-0.1, -0.05) is 37.3 Å². The van der Waals surface area contributed by atoms with Crippen molar-refractivity contribution in [2.24, 2.45) is 0 Å². The average molecular weight is 348 g/mol. The number of piperidine rings is 1. The Kier molecular flexibility index (Phi) is 7.79. The molecule has 0 aliphatic carbocycles. The van der Waals surface area contributed by atoms with Crippen LogP contribution in [0.5, 0.6) is 0 Å². The summed E-state index contributed by atoms with van der Waals surface area (Å²) < 4.78 is 28.7. The van der Waals surface area contributed by atoms with Crippen molar-refractivity contribution in [2.45, 2.75) is 32.4 Å². The van der Waals surface area contributed by atoms with E-state index in [1.54, 1.807) is 8.61 Å². The zero-order valence-electron chi connectivity index (χ0n) is 13.2. The molecule has 0 spiro atoms. The van der Waals surface area contributed by atoms with Gasteiger partial charge < -0.3 is 5.32 Å². The summed E-state index contributed by atoms with van der Waals surface area (Å²) in [6, 6.07) is 10.2. The van der Waals surface area contributed by atoms with Crippen LogP contribution in [-0.4, -0.2) is 49.8 Å². The maximum absolute atomic E-state index is 12.7. The number of nitrogens with zero attached hydrogens (tertiary/aromatic N) is 2. The summed E-state index contributed by atoms with van der Waals surface area (Å²) >= 11 is 0. The molecule has 1 heterocycles. The van der Waals surface area contributed by atoms with Gasteiger partial charge in [0.25, 0.3) is 10.2 Å². The second-order valence-electron chi connectivity index (χ2n) is 5.38. The van der Waals surface area contributed by atoms with Crippen LogP contribution in [0.4, 0.5) is 0 Å². The fraction of sp³-hybridized carbons (Fsp3) is 0.600. The lowest BCUT2D eigenvalue weighted by Crippen LogP contribution is -2.49. The van der Waals surface area contributed by atoms with Crippen molar-refractivity contribution in [1.29, 1.82) is 0 Å². The predicted molar refractivity (Wildman–Crippen MR) is 92.3 cm³/mol. The molecule has 1 aliphatic heterocycles. The van der Waals surface area contributed by atoms with E-state index in [0.29, 0.717) is 32.2 Å². The minimum absolute atomic E-state index is 0. The SMILES string of the molecule is CCN(Cc1ccccc1)S(=O)(=O)N1CCC(NC)CC1.Cl. The van der Waals surface area contributed by atoms with E-state index < -0.39 is 10.2 Å². The number of hydrogen-bond acceptors (Lipinski definition) is 3. The molecule has 0 unspecified atom stereocenters. The highest BCUT2D eigenvalue weighted by Gasteiger charge is 2.31. The van der Waals surface area contributed by atoms with Crippen molar-refractivity contribution in [2.75, 3.05) is 26.7 Å². The van der Waals surface area contributed by atoms with Gasteiger partial charge in [0.05, 0.1) is 0 Å². The maximum Gasteiger partial charge on any atom is 0.282 e. The highest BCUT2D eigenvalue weighted by atomic mass is 35.5. The van der Waals surface area contributed by atoms with Gasteiger partial charge in [0.2, 0.25) is 0 Å². The normalized spacial score (nSPS) is 17.4. The van der Waals surface area contributed by atoms with Gasteiger partial charge in [-0.2, -0.15) is 17.0 Å². The molecule has 2 rings (SSSR count). The quantitative estimate of drug-likeness (QED) is 0.854. The lowest BCUT2D eigenvalue weighted by Gasteiger charge is -2.34. The van der Waals surface area contributed by atoms with Crippen molar-refractivity contribution in [3.63, 3.8) is 0 Å². The fourth-order valence-electron chi connectivity index (χ4n) is 2.68. The van der Waals surface area contributed by atoms with Gasteiger partial charge in [0.15, 0.2) is 0 Å². The summed E-state index contributed by atoms with van der Waals surface area (Å²) in [5, 5.41) is 3.22. The van der Waals surface area contributed by atoms with Crippen molar-refractivity contribution in [3.8, 4) is 0 Å². The first-order valence-corrected chi connectivity index (χ1v) is 8.94. The van der Waals surface area contributed by atoms with Crippen LogP contribution in [0.2, 0.25) is 0 Å². The first-order valence-electron chi connectivity index (χ1n) is 7.54. The molecule has 0 aromatic heterocycles. The third kappa shape index (κ3) is 4.67. The van der Waals surface area contributed by atoms with Crippen molar-refractivity contribution < 1.29 is 8.42 Å². The number of rotatable bonds is 6. The van der Waals surface area contributed by atoms with Crippen molar-refractivity contribution in [1.82, 2.24) is 13.9 Å². The van der Waals surface area contributed by atoms with E-state index in [1.807, 2.05) is 44.3 Å². The molecule has 1 aliphatic rings. The zero-order valence-corrected chi connectivity index (χ0v) is 14.9. The Morgan fingerprint density at radius 3 is 2.32 bits per heavy atom. The third-order valence-electron chi connectivity index (χ3n) is 4.07. The Hall–Kier alpha value is -0.660. The molecule has 5 nitrogen and oxygen atoms in total. The van der Waals surface area contributed by atoms with Crippen LogP contribution in [0.3, 0.4) is 0 Å². The number of hydrogen-bond donors (Lipinski definition) is 1. The van der Waals surface area contributed by atoms with Crippen LogP contribution < -0.4 is 5.32 Å². The molecule has 1 N–H and O–H groups in total. The minimum atomic E-state index is -3.37. The first-order chi connectivity index (χ1) is 10.1. The highest BCUT2D eigenvalue weighted by molar-refractivity contribution is 7.86. The lowest BCUT2D eigenvalue weighted by molar-refractivity contribution is 0.273. The summed E-state index contributed by atoms with van der Waals surface area (Å²) in [5.41, 5.74) is 1.02. The summed E-state index contributed by atoms with van der Waals surface area (Å²) in [6.07, 6.45) is 1.75. The molecule has 126 valence electrons. The standard InChI is InChI=1S/C15H25N3O2S.ClH/c1-3-17(13-14-7-5-4-6-8-14)21(19,20)18-11-9-15(16-2)10-12-18;/h4-8,15-16H,3,9-13H2,1-2H3;1H. The van der Waals surface area contributed by atoms with Gasteiger partial charge in [-0.25, -0.2) is 0 Å². The highest BCUT2D eigenvalue weighted by Crippen LogP contribution is 2.18. The molecular weight excluding hydrogens is 322 g/mol. The zero-order chi connectivity index (χ0) is 15.3.